The summed E-state index contributed by atoms with van der Waals surface area (Å²) >= 11 is 0. The lowest BCUT2D eigenvalue weighted by molar-refractivity contribution is 1.36. The standard InChI is InChI=1S/C22H12N4/c1-2-6-14-13(5-1)9-10-17-18(14)26-22-16-8-4-12-24-20(16)19-15(21(22)25-17)7-3-11-23-19/h1-12H. The van der Waals surface area contributed by atoms with E-state index in [1.807, 2.05) is 42.5 Å². The summed E-state index contributed by atoms with van der Waals surface area (Å²) in [6, 6.07) is 20.4. The maximum atomic E-state index is 5.05. The van der Waals surface area contributed by atoms with Crippen LogP contribution in [-0.2, 0) is 0 Å². The molecule has 0 spiro atoms. The number of aromatic nitrogens is 4. The Morgan fingerprint density at radius 3 is 1.88 bits per heavy atom. The molecule has 0 atom stereocenters. The van der Waals surface area contributed by atoms with Gasteiger partial charge in [-0.3, -0.25) is 9.97 Å². The summed E-state index contributed by atoms with van der Waals surface area (Å²) in [5, 5.41) is 4.24. The van der Waals surface area contributed by atoms with Crippen molar-refractivity contribution >= 4 is 54.6 Å². The first-order valence-electron chi connectivity index (χ1n) is 8.51. The van der Waals surface area contributed by atoms with Crippen LogP contribution in [-0.4, -0.2) is 19.9 Å². The Morgan fingerprint density at radius 1 is 0.462 bits per heavy atom. The van der Waals surface area contributed by atoms with E-state index in [1.165, 1.54) is 5.39 Å². The number of rotatable bonds is 0. The van der Waals surface area contributed by atoms with Crippen molar-refractivity contribution < 1.29 is 0 Å². The van der Waals surface area contributed by atoms with Crippen molar-refractivity contribution in [1.29, 1.82) is 0 Å². The fourth-order valence-corrected chi connectivity index (χ4v) is 3.74. The minimum absolute atomic E-state index is 0.865. The van der Waals surface area contributed by atoms with E-state index in [9.17, 15) is 0 Å². The summed E-state index contributed by atoms with van der Waals surface area (Å²) in [7, 11) is 0. The SMILES string of the molecule is c1ccc2c(c1)ccc1nc3c4cccnc4c4ncccc4c3nc12. The molecule has 3 aromatic heterocycles. The van der Waals surface area contributed by atoms with Gasteiger partial charge in [-0.2, -0.15) is 0 Å². The molecule has 3 heterocycles. The third-order valence-electron chi connectivity index (χ3n) is 4.91. The quantitative estimate of drug-likeness (QED) is 0.289. The highest BCUT2D eigenvalue weighted by Gasteiger charge is 2.14. The Kier molecular flexibility index (Phi) is 2.58. The maximum Gasteiger partial charge on any atom is 0.0996 e. The Labute approximate surface area is 148 Å². The van der Waals surface area contributed by atoms with E-state index in [0.29, 0.717) is 0 Å². The van der Waals surface area contributed by atoms with Crippen LogP contribution < -0.4 is 0 Å². The lowest BCUT2D eigenvalue weighted by Crippen LogP contribution is -1.94. The lowest BCUT2D eigenvalue weighted by Gasteiger charge is -2.09. The second kappa shape index (κ2) is 4.92. The predicted molar refractivity (Wildman–Crippen MR) is 105 cm³/mol. The average molecular weight is 332 g/mol. The number of fused-ring (bicyclic) bond motifs is 9. The number of hydrogen-bond acceptors (Lipinski definition) is 4. The molecule has 4 heteroatoms. The van der Waals surface area contributed by atoms with Gasteiger partial charge in [0.15, 0.2) is 0 Å². The molecule has 4 nitrogen and oxygen atoms in total. The second-order valence-corrected chi connectivity index (χ2v) is 6.37. The molecule has 0 aliphatic heterocycles. The van der Waals surface area contributed by atoms with E-state index in [4.69, 9.17) is 9.97 Å². The first kappa shape index (κ1) is 13.6. The van der Waals surface area contributed by atoms with E-state index in [-0.39, 0.29) is 0 Å². The van der Waals surface area contributed by atoms with Crippen LogP contribution in [0.25, 0.3) is 54.6 Å². The van der Waals surface area contributed by atoms with Crippen LogP contribution in [0.4, 0.5) is 0 Å². The topological polar surface area (TPSA) is 51.6 Å². The molecule has 0 saturated carbocycles. The number of benzene rings is 3. The molecule has 0 fully saturated rings. The molecule has 0 unspecified atom stereocenters. The summed E-state index contributed by atoms with van der Waals surface area (Å²) in [5.41, 5.74) is 5.29. The van der Waals surface area contributed by atoms with Gasteiger partial charge in [-0.25, -0.2) is 9.97 Å². The monoisotopic (exact) mass is 332 g/mol. The first-order chi connectivity index (χ1) is 12.9. The van der Waals surface area contributed by atoms with E-state index in [1.54, 1.807) is 12.4 Å². The zero-order chi connectivity index (χ0) is 17.1. The minimum atomic E-state index is 0.865. The molecule has 0 radical (unpaired) electrons. The third kappa shape index (κ3) is 1.73. The number of nitrogens with zero attached hydrogens (tertiary/aromatic N) is 4. The largest absolute Gasteiger partial charge is 0.254 e. The van der Waals surface area contributed by atoms with Crippen molar-refractivity contribution in [2.45, 2.75) is 0 Å². The molecule has 0 bridgehead atoms. The van der Waals surface area contributed by atoms with Gasteiger partial charge < -0.3 is 0 Å². The first-order valence-corrected chi connectivity index (χ1v) is 8.51. The minimum Gasteiger partial charge on any atom is -0.254 e. The molecule has 3 aromatic carbocycles. The van der Waals surface area contributed by atoms with Crippen molar-refractivity contribution in [2.75, 3.05) is 0 Å². The summed E-state index contributed by atoms with van der Waals surface area (Å²) < 4.78 is 0. The van der Waals surface area contributed by atoms with Crippen molar-refractivity contribution in [3.05, 3.63) is 73.1 Å². The number of hydrogen-bond donors (Lipinski definition) is 0. The van der Waals surface area contributed by atoms with Crippen LogP contribution in [0.15, 0.2) is 73.1 Å². The average Bonchev–Trinajstić information content (AvgIpc) is 2.73. The smallest absolute Gasteiger partial charge is 0.0996 e. The Hall–Kier alpha value is -3.66. The number of pyridine rings is 2. The molecule has 0 amide bonds. The molecule has 0 aliphatic carbocycles. The molecule has 120 valence electrons. The Balaban J connectivity index is 1.95. The summed E-state index contributed by atoms with van der Waals surface area (Å²) in [6.45, 7) is 0. The van der Waals surface area contributed by atoms with Crippen LogP contribution in [0.5, 0.6) is 0 Å². The van der Waals surface area contributed by atoms with E-state index < -0.39 is 0 Å². The van der Waals surface area contributed by atoms with Gasteiger partial charge in [0.25, 0.3) is 0 Å². The summed E-state index contributed by atoms with van der Waals surface area (Å²) in [6.07, 6.45) is 3.59. The second-order valence-electron chi connectivity index (χ2n) is 6.37. The van der Waals surface area contributed by atoms with Gasteiger partial charge in [-0.05, 0) is 35.7 Å². The molecule has 0 N–H and O–H groups in total. The predicted octanol–water partition coefficient (Wildman–Crippen LogP) is 5.03. The van der Waals surface area contributed by atoms with Gasteiger partial charge in [0.05, 0.1) is 33.1 Å². The van der Waals surface area contributed by atoms with Crippen LogP contribution >= 0.6 is 0 Å². The molecule has 0 saturated heterocycles. The third-order valence-corrected chi connectivity index (χ3v) is 4.91. The zero-order valence-electron chi connectivity index (χ0n) is 13.7. The molecule has 6 aromatic rings. The Bertz CT molecular complexity index is 1490. The van der Waals surface area contributed by atoms with E-state index in [0.717, 1.165) is 49.3 Å². The van der Waals surface area contributed by atoms with Crippen molar-refractivity contribution in [2.24, 2.45) is 0 Å². The summed E-state index contributed by atoms with van der Waals surface area (Å²) in [4.78, 5) is 19.2. The molecular weight excluding hydrogens is 320 g/mol. The van der Waals surface area contributed by atoms with Gasteiger partial charge in [0, 0.05) is 28.6 Å². The highest BCUT2D eigenvalue weighted by Crippen LogP contribution is 2.33. The maximum absolute atomic E-state index is 5.05. The van der Waals surface area contributed by atoms with Crippen molar-refractivity contribution in [1.82, 2.24) is 19.9 Å². The van der Waals surface area contributed by atoms with Gasteiger partial charge in [-0.15, -0.1) is 0 Å². The van der Waals surface area contributed by atoms with Crippen LogP contribution in [0.1, 0.15) is 0 Å². The fourth-order valence-electron chi connectivity index (χ4n) is 3.74. The van der Waals surface area contributed by atoms with Gasteiger partial charge in [0.2, 0.25) is 0 Å². The fraction of sp³-hybridized carbons (Fsp3) is 0. The molecular formula is C22H12N4. The van der Waals surface area contributed by atoms with Crippen molar-refractivity contribution in [3.8, 4) is 0 Å². The van der Waals surface area contributed by atoms with Crippen LogP contribution in [0, 0.1) is 0 Å². The van der Waals surface area contributed by atoms with Crippen molar-refractivity contribution in [3.63, 3.8) is 0 Å². The Morgan fingerprint density at radius 2 is 1.12 bits per heavy atom. The lowest BCUT2D eigenvalue weighted by atomic mass is 10.1. The zero-order valence-corrected chi connectivity index (χ0v) is 13.7. The van der Waals surface area contributed by atoms with Gasteiger partial charge in [0.1, 0.15) is 0 Å². The molecule has 6 rings (SSSR count). The van der Waals surface area contributed by atoms with Crippen LogP contribution in [0.3, 0.4) is 0 Å². The molecule has 26 heavy (non-hydrogen) atoms. The highest BCUT2D eigenvalue weighted by atomic mass is 14.8. The van der Waals surface area contributed by atoms with Gasteiger partial charge >= 0.3 is 0 Å². The highest BCUT2D eigenvalue weighted by molar-refractivity contribution is 6.22. The normalized spacial score (nSPS) is 11.8. The molecule has 0 aliphatic rings. The van der Waals surface area contributed by atoms with Crippen LogP contribution in [0.2, 0.25) is 0 Å². The van der Waals surface area contributed by atoms with E-state index in [2.05, 4.69) is 28.2 Å². The van der Waals surface area contributed by atoms with E-state index >= 15 is 0 Å². The van der Waals surface area contributed by atoms with Gasteiger partial charge in [-0.1, -0.05) is 30.3 Å². The summed E-state index contributed by atoms with van der Waals surface area (Å²) in [5.74, 6) is 0.